The number of likely N-dealkylation sites (N-methyl/N-ethyl adjacent to an activating group) is 1. The summed E-state index contributed by atoms with van der Waals surface area (Å²) in [7, 11) is -1.03. The van der Waals surface area contributed by atoms with Crippen LogP contribution in [0.1, 0.15) is 5.56 Å². The van der Waals surface area contributed by atoms with Crippen molar-refractivity contribution in [1.29, 1.82) is 0 Å². The Hall–Kier alpha value is -2.00. The number of rotatable bonds is 6. The zero-order chi connectivity index (χ0) is 22.8. The Balaban J connectivity index is 1.62. The molecule has 0 bridgehead atoms. The molecule has 0 aromatic heterocycles. The van der Waals surface area contributed by atoms with Crippen molar-refractivity contribution in [2.75, 3.05) is 51.8 Å². The van der Waals surface area contributed by atoms with Gasteiger partial charge in [-0.1, -0.05) is 29.3 Å². The van der Waals surface area contributed by atoms with Crippen LogP contribution < -0.4 is 9.64 Å². The Kier molecular flexibility index (Phi) is 7.36. The number of ether oxygens (including phenoxy) is 1. The topological polar surface area (TPSA) is 70.2 Å². The van der Waals surface area contributed by atoms with Gasteiger partial charge in [0.1, 0.15) is 5.75 Å². The Morgan fingerprint density at radius 3 is 2.39 bits per heavy atom. The van der Waals surface area contributed by atoms with Crippen molar-refractivity contribution < 1.29 is 17.9 Å². The molecule has 0 saturated carbocycles. The van der Waals surface area contributed by atoms with E-state index in [1.807, 2.05) is 25.1 Å². The highest BCUT2D eigenvalue weighted by atomic mass is 35.5. The summed E-state index contributed by atoms with van der Waals surface area (Å²) in [6.45, 7) is 4.09. The van der Waals surface area contributed by atoms with Gasteiger partial charge in [0.15, 0.2) is 0 Å². The molecule has 7 nitrogen and oxygen atoms in total. The molecule has 2 aromatic carbocycles. The van der Waals surface area contributed by atoms with Gasteiger partial charge in [-0.3, -0.25) is 4.79 Å². The van der Waals surface area contributed by atoms with Crippen LogP contribution in [0.5, 0.6) is 5.75 Å². The van der Waals surface area contributed by atoms with Crippen molar-refractivity contribution in [3.63, 3.8) is 0 Å². The molecule has 3 rings (SSSR count). The van der Waals surface area contributed by atoms with Gasteiger partial charge in [0, 0.05) is 43.9 Å². The molecule has 168 valence electrons. The normalized spacial score (nSPS) is 14.8. The minimum atomic E-state index is -3.86. The van der Waals surface area contributed by atoms with Crippen LogP contribution in [-0.2, 0) is 14.8 Å². The van der Waals surface area contributed by atoms with Gasteiger partial charge < -0.3 is 14.5 Å². The zero-order valence-corrected chi connectivity index (χ0v) is 20.0. The van der Waals surface area contributed by atoms with E-state index in [4.69, 9.17) is 27.9 Å². The van der Waals surface area contributed by atoms with Gasteiger partial charge >= 0.3 is 0 Å². The van der Waals surface area contributed by atoms with Crippen molar-refractivity contribution in [1.82, 2.24) is 9.21 Å². The van der Waals surface area contributed by atoms with Crippen molar-refractivity contribution in [3.8, 4) is 5.75 Å². The Morgan fingerprint density at radius 1 is 1.10 bits per heavy atom. The molecule has 0 radical (unpaired) electrons. The number of carbonyl (C=O) groups excluding carboxylic acids is 1. The maximum atomic E-state index is 12.8. The van der Waals surface area contributed by atoms with Crippen LogP contribution in [0.2, 0.25) is 10.0 Å². The first-order chi connectivity index (χ1) is 14.6. The molecule has 0 atom stereocenters. The SMILES string of the molecule is COc1ccc(S(=O)(=O)N(C)CC(=O)N2CCN(c3cc(Cl)ccc3C)CC2)cc1Cl. The lowest BCUT2D eigenvalue weighted by Crippen LogP contribution is -2.51. The predicted octanol–water partition coefficient (Wildman–Crippen LogP) is 3.28. The summed E-state index contributed by atoms with van der Waals surface area (Å²) < 4.78 is 31.8. The average Bonchev–Trinajstić information content (AvgIpc) is 2.75. The van der Waals surface area contributed by atoms with Crippen LogP contribution in [0.3, 0.4) is 0 Å². The van der Waals surface area contributed by atoms with Crippen molar-refractivity contribution in [3.05, 3.63) is 52.0 Å². The van der Waals surface area contributed by atoms with Crippen LogP contribution in [0.15, 0.2) is 41.3 Å². The third kappa shape index (κ3) is 5.26. The predicted molar refractivity (Wildman–Crippen MR) is 123 cm³/mol. The van der Waals surface area contributed by atoms with E-state index in [9.17, 15) is 13.2 Å². The standard InChI is InChI=1S/C21H25Cl2N3O4S/c1-15-4-5-16(22)12-19(15)25-8-10-26(11-9-25)21(27)14-24(2)31(28,29)17-6-7-20(30-3)18(23)13-17/h4-7,12-13H,8-11,14H2,1-3H3. The molecule has 1 amide bonds. The van der Waals surface area contributed by atoms with Gasteiger partial charge in [-0.05, 0) is 42.8 Å². The van der Waals surface area contributed by atoms with E-state index >= 15 is 0 Å². The first kappa shape index (κ1) is 23.7. The molecule has 0 N–H and O–H groups in total. The number of piperazine rings is 1. The van der Waals surface area contributed by atoms with E-state index in [0.717, 1.165) is 15.6 Å². The van der Waals surface area contributed by atoms with Crippen molar-refractivity contribution >= 4 is 44.8 Å². The highest BCUT2D eigenvalue weighted by molar-refractivity contribution is 7.89. The third-order valence-corrected chi connectivity index (χ3v) is 7.66. The van der Waals surface area contributed by atoms with E-state index in [1.165, 1.54) is 32.4 Å². The summed E-state index contributed by atoms with van der Waals surface area (Å²) in [4.78, 5) is 16.6. The first-order valence-electron chi connectivity index (χ1n) is 9.72. The first-order valence-corrected chi connectivity index (χ1v) is 11.9. The van der Waals surface area contributed by atoms with Crippen LogP contribution in [0, 0.1) is 6.92 Å². The molecule has 1 aliphatic rings. The Morgan fingerprint density at radius 2 is 1.77 bits per heavy atom. The summed E-state index contributed by atoms with van der Waals surface area (Å²) in [5.74, 6) is 0.139. The van der Waals surface area contributed by atoms with Gasteiger partial charge in [0.05, 0.1) is 23.6 Å². The molecule has 1 heterocycles. The molecule has 0 unspecified atom stereocenters. The number of halogens is 2. The summed E-state index contributed by atoms with van der Waals surface area (Å²) in [6.07, 6.45) is 0. The number of benzene rings is 2. The molecule has 1 saturated heterocycles. The molecule has 1 fully saturated rings. The molecule has 1 aliphatic heterocycles. The van der Waals surface area contributed by atoms with Crippen LogP contribution in [0.4, 0.5) is 5.69 Å². The third-order valence-electron chi connectivity index (χ3n) is 5.33. The lowest BCUT2D eigenvalue weighted by Gasteiger charge is -2.37. The quantitative estimate of drug-likeness (QED) is 0.627. The molecule has 10 heteroatoms. The number of sulfonamides is 1. The maximum absolute atomic E-state index is 12.8. The number of aryl methyl sites for hydroxylation is 1. The molecular formula is C21H25Cl2N3O4S. The summed E-state index contributed by atoms with van der Waals surface area (Å²) in [6, 6.07) is 9.97. The van der Waals surface area contributed by atoms with E-state index in [2.05, 4.69) is 4.90 Å². The van der Waals surface area contributed by atoms with Gasteiger partial charge in [-0.15, -0.1) is 0 Å². The fraction of sp³-hybridized carbons (Fsp3) is 0.381. The van der Waals surface area contributed by atoms with E-state index < -0.39 is 10.0 Å². The Labute approximate surface area is 193 Å². The molecule has 31 heavy (non-hydrogen) atoms. The second-order valence-electron chi connectivity index (χ2n) is 7.36. The zero-order valence-electron chi connectivity index (χ0n) is 17.6. The van der Waals surface area contributed by atoms with Gasteiger partial charge in [0.2, 0.25) is 15.9 Å². The average molecular weight is 486 g/mol. The summed E-state index contributed by atoms with van der Waals surface area (Å²) >= 11 is 12.2. The van der Waals surface area contributed by atoms with E-state index in [-0.39, 0.29) is 22.4 Å². The number of anilines is 1. The number of hydrogen-bond acceptors (Lipinski definition) is 5. The maximum Gasteiger partial charge on any atom is 0.243 e. The smallest absolute Gasteiger partial charge is 0.243 e. The van der Waals surface area contributed by atoms with E-state index in [0.29, 0.717) is 37.0 Å². The van der Waals surface area contributed by atoms with Crippen molar-refractivity contribution in [2.24, 2.45) is 0 Å². The second-order valence-corrected chi connectivity index (χ2v) is 10.2. The number of carbonyl (C=O) groups is 1. The van der Waals surface area contributed by atoms with Gasteiger partial charge in [-0.2, -0.15) is 4.31 Å². The molecular weight excluding hydrogens is 461 g/mol. The van der Waals surface area contributed by atoms with Crippen LogP contribution >= 0.6 is 23.2 Å². The summed E-state index contributed by atoms with van der Waals surface area (Å²) in [5.41, 5.74) is 2.17. The largest absolute Gasteiger partial charge is 0.495 e. The second kappa shape index (κ2) is 9.65. The summed E-state index contributed by atoms with van der Waals surface area (Å²) in [5, 5.41) is 0.861. The highest BCUT2D eigenvalue weighted by Gasteiger charge is 2.28. The number of nitrogens with zero attached hydrogens (tertiary/aromatic N) is 3. The highest BCUT2D eigenvalue weighted by Crippen LogP contribution is 2.28. The van der Waals surface area contributed by atoms with Gasteiger partial charge in [-0.25, -0.2) is 8.42 Å². The Bertz CT molecular complexity index is 1070. The fourth-order valence-electron chi connectivity index (χ4n) is 3.48. The molecule has 2 aromatic rings. The fourth-order valence-corrected chi connectivity index (χ4v) is 5.12. The number of methoxy groups -OCH3 is 1. The van der Waals surface area contributed by atoms with Gasteiger partial charge in [0.25, 0.3) is 0 Å². The molecule has 0 spiro atoms. The van der Waals surface area contributed by atoms with Crippen molar-refractivity contribution in [2.45, 2.75) is 11.8 Å². The lowest BCUT2D eigenvalue weighted by atomic mass is 10.1. The van der Waals surface area contributed by atoms with Crippen LogP contribution in [0.25, 0.3) is 0 Å². The molecule has 0 aliphatic carbocycles. The lowest BCUT2D eigenvalue weighted by molar-refractivity contribution is -0.131. The van der Waals surface area contributed by atoms with Crippen LogP contribution in [-0.4, -0.2) is 70.4 Å². The number of amides is 1. The number of hydrogen-bond donors (Lipinski definition) is 0. The van der Waals surface area contributed by atoms with E-state index in [1.54, 1.807) is 4.90 Å². The monoisotopic (exact) mass is 485 g/mol. The minimum Gasteiger partial charge on any atom is -0.495 e. The minimum absolute atomic E-state index is 0.00912.